The van der Waals surface area contributed by atoms with Crippen molar-refractivity contribution in [2.24, 2.45) is 11.7 Å². The Morgan fingerprint density at radius 2 is 1.90 bits per heavy atom. The van der Waals surface area contributed by atoms with E-state index in [1.165, 1.54) is 0 Å². The zero-order chi connectivity index (χ0) is 15.8. The largest absolute Gasteiger partial charge is 0.348 e. The number of likely N-dealkylation sites (N-methyl/N-ethyl adjacent to an activating group) is 1. The number of rotatable bonds is 6. The van der Waals surface area contributed by atoms with E-state index in [1.54, 1.807) is 19.0 Å². The minimum Gasteiger partial charge on any atom is -0.348 e. The summed E-state index contributed by atoms with van der Waals surface area (Å²) in [5.74, 6) is 0.388. The zero-order valence-electron chi connectivity index (χ0n) is 13.7. The van der Waals surface area contributed by atoms with E-state index in [0.717, 1.165) is 38.9 Å². The van der Waals surface area contributed by atoms with Gasteiger partial charge in [-0.25, -0.2) is 0 Å². The molecule has 0 saturated carbocycles. The topological polar surface area (TPSA) is 69.9 Å². The molecule has 0 bridgehead atoms. The number of hydrogen-bond donors (Lipinski definition) is 1. The number of carbonyl (C=O) groups excluding carboxylic acids is 2. The Hall–Kier alpha value is -1.14. The molecule has 2 N–H and O–H groups in total. The van der Waals surface area contributed by atoms with Crippen molar-refractivity contribution >= 4 is 11.8 Å². The van der Waals surface area contributed by atoms with Crippen LogP contribution in [0.4, 0.5) is 0 Å². The molecular formula is C15H30N4O2. The summed E-state index contributed by atoms with van der Waals surface area (Å²) in [5, 5.41) is 0. The third-order valence-corrected chi connectivity index (χ3v) is 4.02. The van der Waals surface area contributed by atoms with Crippen molar-refractivity contribution in [1.82, 2.24) is 14.7 Å². The van der Waals surface area contributed by atoms with Crippen LogP contribution in [0.3, 0.4) is 0 Å². The fourth-order valence-electron chi connectivity index (χ4n) is 2.54. The molecule has 0 radical (unpaired) electrons. The maximum atomic E-state index is 12.4. The molecule has 6 nitrogen and oxygen atoms in total. The van der Waals surface area contributed by atoms with E-state index >= 15 is 0 Å². The molecule has 1 aliphatic rings. The number of nitrogens with zero attached hydrogens (tertiary/aromatic N) is 3. The highest BCUT2D eigenvalue weighted by Crippen LogP contribution is 2.12. The van der Waals surface area contributed by atoms with Gasteiger partial charge in [0.2, 0.25) is 11.8 Å². The van der Waals surface area contributed by atoms with Crippen molar-refractivity contribution in [3.05, 3.63) is 0 Å². The summed E-state index contributed by atoms with van der Waals surface area (Å²) in [5.41, 5.74) is 5.50. The van der Waals surface area contributed by atoms with Gasteiger partial charge in [-0.3, -0.25) is 14.5 Å². The zero-order valence-corrected chi connectivity index (χ0v) is 13.7. The lowest BCUT2D eigenvalue weighted by Crippen LogP contribution is -2.40. The molecule has 1 fully saturated rings. The van der Waals surface area contributed by atoms with Gasteiger partial charge in [-0.05, 0) is 25.8 Å². The summed E-state index contributed by atoms with van der Waals surface area (Å²) < 4.78 is 0. The second kappa shape index (κ2) is 9.00. The van der Waals surface area contributed by atoms with E-state index in [0.29, 0.717) is 19.6 Å². The summed E-state index contributed by atoms with van der Waals surface area (Å²) in [6, 6.07) is 0. The van der Waals surface area contributed by atoms with Gasteiger partial charge in [0.15, 0.2) is 0 Å². The Morgan fingerprint density at radius 3 is 2.52 bits per heavy atom. The van der Waals surface area contributed by atoms with Crippen molar-refractivity contribution in [3.63, 3.8) is 0 Å². The molecule has 21 heavy (non-hydrogen) atoms. The number of hydrogen-bond acceptors (Lipinski definition) is 4. The van der Waals surface area contributed by atoms with Gasteiger partial charge < -0.3 is 15.5 Å². The van der Waals surface area contributed by atoms with Crippen LogP contribution in [0.2, 0.25) is 0 Å². The van der Waals surface area contributed by atoms with E-state index < -0.39 is 0 Å². The first-order valence-corrected chi connectivity index (χ1v) is 7.87. The van der Waals surface area contributed by atoms with Gasteiger partial charge in [-0.15, -0.1) is 0 Å². The molecule has 0 aromatic rings. The van der Waals surface area contributed by atoms with Crippen LogP contribution < -0.4 is 5.73 Å². The molecule has 0 aromatic heterocycles. The van der Waals surface area contributed by atoms with Gasteiger partial charge in [0.05, 0.1) is 6.54 Å². The second-order valence-electron chi connectivity index (χ2n) is 6.08. The summed E-state index contributed by atoms with van der Waals surface area (Å²) in [7, 11) is 3.55. The molecule has 1 aliphatic heterocycles. The van der Waals surface area contributed by atoms with E-state index in [-0.39, 0.29) is 17.7 Å². The number of amides is 2. The lowest BCUT2D eigenvalue weighted by atomic mass is 10.0. The molecule has 0 spiro atoms. The molecule has 1 atom stereocenters. The van der Waals surface area contributed by atoms with Gasteiger partial charge in [0.1, 0.15) is 0 Å². The Kier molecular flexibility index (Phi) is 7.67. The fourth-order valence-corrected chi connectivity index (χ4v) is 2.54. The lowest BCUT2D eigenvalue weighted by molar-refractivity contribution is -0.135. The maximum Gasteiger partial charge on any atom is 0.236 e. The predicted molar refractivity (Wildman–Crippen MR) is 83.8 cm³/mol. The van der Waals surface area contributed by atoms with Crippen LogP contribution in [-0.2, 0) is 9.59 Å². The lowest BCUT2D eigenvalue weighted by Gasteiger charge is -2.25. The molecule has 1 rings (SSSR count). The molecule has 0 aromatic carbocycles. The molecule has 1 saturated heterocycles. The first-order valence-electron chi connectivity index (χ1n) is 7.87. The van der Waals surface area contributed by atoms with Crippen molar-refractivity contribution in [3.8, 4) is 0 Å². The van der Waals surface area contributed by atoms with Crippen molar-refractivity contribution < 1.29 is 9.59 Å². The smallest absolute Gasteiger partial charge is 0.236 e. The van der Waals surface area contributed by atoms with E-state index in [1.807, 2.05) is 11.8 Å². The van der Waals surface area contributed by atoms with Crippen LogP contribution in [0.25, 0.3) is 0 Å². The molecule has 122 valence electrons. The molecule has 6 heteroatoms. The Balaban J connectivity index is 2.44. The molecule has 1 unspecified atom stereocenters. The second-order valence-corrected chi connectivity index (χ2v) is 6.08. The first kappa shape index (κ1) is 17.9. The average molecular weight is 298 g/mol. The first-order chi connectivity index (χ1) is 9.95. The van der Waals surface area contributed by atoms with Crippen LogP contribution in [-0.4, -0.2) is 79.9 Å². The minimum atomic E-state index is 0.0449. The van der Waals surface area contributed by atoms with Crippen LogP contribution in [0.5, 0.6) is 0 Å². The SMILES string of the molecule is CC(CCCN)C(=O)N1CCCN(CC(=O)N(C)C)CC1. The minimum absolute atomic E-state index is 0.0449. The summed E-state index contributed by atoms with van der Waals surface area (Å²) >= 11 is 0. The van der Waals surface area contributed by atoms with E-state index in [9.17, 15) is 9.59 Å². The number of carbonyl (C=O) groups is 2. The molecule has 1 heterocycles. The quantitative estimate of drug-likeness (QED) is 0.748. The highest BCUT2D eigenvalue weighted by Gasteiger charge is 2.23. The normalized spacial score (nSPS) is 18.2. The molecule has 2 amide bonds. The van der Waals surface area contributed by atoms with E-state index in [2.05, 4.69) is 4.90 Å². The number of nitrogens with two attached hydrogens (primary N) is 1. The summed E-state index contributed by atoms with van der Waals surface area (Å²) in [6.07, 6.45) is 2.68. The standard InChI is InChI=1S/C15H30N4O2/c1-13(6-4-7-16)15(21)19-9-5-8-18(10-11-19)12-14(20)17(2)3/h13H,4-12,16H2,1-3H3. The highest BCUT2D eigenvalue weighted by atomic mass is 16.2. The molecule has 0 aliphatic carbocycles. The summed E-state index contributed by atoms with van der Waals surface area (Å²) in [6.45, 7) is 6.21. The van der Waals surface area contributed by atoms with Gasteiger partial charge in [0.25, 0.3) is 0 Å². The summed E-state index contributed by atoms with van der Waals surface area (Å²) in [4.78, 5) is 29.8. The third-order valence-electron chi connectivity index (χ3n) is 4.02. The van der Waals surface area contributed by atoms with Crippen molar-refractivity contribution in [1.29, 1.82) is 0 Å². The Bertz CT molecular complexity index is 347. The van der Waals surface area contributed by atoms with Crippen LogP contribution >= 0.6 is 0 Å². The van der Waals surface area contributed by atoms with Gasteiger partial charge in [-0.1, -0.05) is 6.92 Å². The third kappa shape index (κ3) is 6.01. The van der Waals surface area contributed by atoms with Crippen LogP contribution in [0.15, 0.2) is 0 Å². The molecular weight excluding hydrogens is 268 g/mol. The Morgan fingerprint density at radius 1 is 1.19 bits per heavy atom. The highest BCUT2D eigenvalue weighted by molar-refractivity contribution is 5.79. The van der Waals surface area contributed by atoms with Crippen molar-refractivity contribution in [2.75, 3.05) is 53.4 Å². The van der Waals surface area contributed by atoms with Gasteiger partial charge >= 0.3 is 0 Å². The van der Waals surface area contributed by atoms with E-state index in [4.69, 9.17) is 5.73 Å². The Labute approximate surface area is 128 Å². The predicted octanol–water partition coefficient (Wildman–Crippen LogP) is -0.0161. The van der Waals surface area contributed by atoms with Crippen molar-refractivity contribution in [2.45, 2.75) is 26.2 Å². The van der Waals surface area contributed by atoms with Crippen LogP contribution in [0, 0.1) is 5.92 Å². The monoisotopic (exact) mass is 298 g/mol. The van der Waals surface area contributed by atoms with Gasteiger partial charge in [0, 0.05) is 46.2 Å². The average Bonchev–Trinajstić information content (AvgIpc) is 2.69. The van der Waals surface area contributed by atoms with Gasteiger partial charge in [-0.2, -0.15) is 0 Å². The fraction of sp³-hybridized carbons (Fsp3) is 0.867. The van der Waals surface area contributed by atoms with Crippen LogP contribution in [0.1, 0.15) is 26.2 Å². The maximum absolute atomic E-state index is 12.4.